The van der Waals surface area contributed by atoms with Gasteiger partial charge < -0.3 is 0 Å². The molecular weight excluding hydrogens is 140 g/mol. The fourth-order valence-electron chi connectivity index (χ4n) is 0.851. The van der Waals surface area contributed by atoms with Crippen LogP contribution in [-0.2, 0) is 0 Å². The van der Waals surface area contributed by atoms with Gasteiger partial charge in [-0.05, 0) is 26.3 Å². The first-order valence-electron chi connectivity index (χ1n) is 3.42. The lowest BCUT2D eigenvalue weighted by atomic mass is 10.2. The summed E-state index contributed by atoms with van der Waals surface area (Å²) in [6.45, 7) is 5.69. The fraction of sp³-hybridized carbons (Fsp3) is 0.375. The average molecular weight is 150 g/mol. The van der Waals surface area contributed by atoms with Crippen LogP contribution in [0.2, 0.25) is 0 Å². The first kappa shape index (κ1) is 7.85. The molecule has 1 heterocycles. The lowest BCUT2D eigenvalue weighted by Crippen LogP contribution is -2.00. The molecule has 0 saturated heterocycles. The molecule has 0 fully saturated rings. The van der Waals surface area contributed by atoms with Crippen molar-refractivity contribution < 1.29 is 4.79 Å². The maximum Gasteiger partial charge on any atom is 0.193 e. The van der Waals surface area contributed by atoms with Gasteiger partial charge >= 0.3 is 0 Å². The van der Waals surface area contributed by atoms with Gasteiger partial charge in [0.25, 0.3) is 0 Å². The molecule has 0 saturated carbocycles. The average Bonchev–Trinajstić information content (AvgIpc) is 1.99. The predicted molar refractivity (Wildman–Crippen MR) is 41.6 cm³/mol. The van der Waals surface area contributed by atoms with Crippen LogP contribution in [0.1, 0.15) is 27.6 Å². The van der Waals surface area contributed by atoms with Crippen LogP contribution in [-0.4, -0.2) is 16.3 Å². The van der Waals surface area contributed by atoms with E-state index >= 15 is 0 Å². The van der Waals surface area contributed by atoms with E-state index in [4.69, 9.17) is 0 Å². The van der Waals surface area contributed by atoms with Crippen molar-refractivity contribution >= 4 is 6.29 Å². The molecule has 0 aliphatic carbocycles. The van der Waals surface area contributed by atoms with Crippen LogP contribution in [0.25, 0.3) is 0 Å². The summed E-state index contributed by atoms with van der Waals surface area (Å²) in [5, 5.41) is 0. The monoisotopic (exact) mass is 150 g/mol. The smallest absolute Gasteiger partial charge is 0.193 e. The van der Waals surface area contributed by atoms with Gasteiger partial charge in [0.15, 0.2) is 12.1 Å². The lowest BCUT2D eigenvalue weighted by Gasteiger charge is -2.01. The lowest BCUT2D eigenvalue weighted by molar-refractivity contribution is 0.111. The normalized spacial score (nSPS) is 9.73. The number of carbonyl (C=O) groups excluding carboxylic acids is 1. The summed E-state index contributed by atoms with van der Waals surface area (Å²) in [6.07, 6.45) is 0.666. The minimum Gasteiger partial charge on any atom is -0.294 e. The van der Waals surface area contributed by atoms with E-state index in [1.807, 2.05) is 20.8 Å². The zero-order chi connectivity index (χ0) is 8.43. The highest BCUT2D eigenvalue weighted by atomic mass is 16.1. The molecule has 0 aliphatic rings. The summed E-state index contributed by atoms with van der Waals surface area (Å²) in [4.78, 5) is 18.2. The molecule has 0 radical (unpaired) electrons. The van der Waals surface area contributed by atoms with E-state index < -0.39 is 0 Å². The van der Waals surface area contributed by atoms with Crippen molar-refractivity contribution in [2.75, 3.05) is 0 Å². The Balaban J connectivity index is 3.31. The Kier molecular flexibility index (Phi) is 1.98. The van der Waals surface area contributed by atoms with Crippen molar-refractivity contribution in [3.05, 3.63) is 22.8 Å². The Bertz CT molecular complexity index is 271. The van der Waals surface area contributed by atoms with Gasteiger partial charge in [-0.2, -0.15) is 0 Å². The van der Waals surface area contributed by atoms with Gasteiger partial charge in [-0.1, -0.05) is 0 Å². The van der Waals surface area contributed by atoms with Crippen LogP contribution >= 0.6 is 0 Å². The van der Waals surface area contributed by atoms with Crippen molar-refractivity contribution in [3.63, 3.8) is 0 Å². The van der Waals surface area contributed by atoms with E-state index in [1.54, 1.807) is 0 Å². The van der Waals surface area contributed by atoms with Gasteiger partial charge in [-0.25, -0.2) is 9.97 Å². The molecule has 0 atom stereocenters. The van der Waals surface area contributed by atoms with Crippen LogP contribution in [0.3, 0.4) is 0 Å². The molecule has 3 nitrogen and oxygen atoms in total. The van der Waals surface area contributed by atoms with Gasteiger partial charge in [0, 0.05) is 11.4 Å². The largest absolute Gasteiger partial charge is 0.294 e. The first-order chi connectivity index (χ1) is 5.15. The Morgan fingerprint density at radius 1 is 1.09 bits per heavy atom. The SMILES string of the molecule is Cc1nc(C=O)nc(C)c1C. The summed E-state index contributed by atoms with van der Waals surface area (Å²) < 4.78 is 0. The Morgan fingerprint density at radius 3 is 1.91 bits per heavy atom. The Labute approximate surface area is 65.5 Å². The predicted octanol–water partition coefficient (Wildman–Crippen LogP) is 1.21. The van der Waals surface area contributed by atoms with Crippen LogP contribution in [0.4, 0.5) is 0 Å². The van der Waals surface area contributed by atoms with Crippen LogP contribution < -0.4 is 0 Å². The van der Waals surface area contributed by atoms with E-state index in [1.165, 1.54) is 0 Å². The van der Waals surface area contributed by atoms with E-state index in [0.717, 1.165) is 17.0 Å². The molecule has 0 aromatic carbocycles. The van der Waals surface area contributed by atoms with Crippen molar-refractivity contribution in [3.8, 4) is 0 Å². The fourth-order valence-corrected chi connectivity index (χ4v) is 0.851. The zero-order valence-electron chi connectivity index (χ0n) is 6.88. The maximum atomic E-state index is 10.3. The molecule has 0 aliphatic heterocycles. The number of aldehydes is 1. The van der Waals surface area contributed by atoms with E-state index in [-0.39, 0.29) is 5.82 Å². The summed E-state index contributed by atoms with van der Waals surface area (Å²) in [5.74, 6) is 0.269. The van der Waals surface area contributed by atoms with Gasteiger partial charge in [-0.15, -0.1) is 0 Å². The molecule has 1 rings (SSSR count). The second-order valence-electron chi connectivity index (χ2n) is 2.50. The van der Waals surface area contributed by atoms with Crippen molar-refractivity contribution in [1.82, 2.24) is 9.97 Å². The van der Waals surface area contributed by atoms with E-state index in [2.05, 4.69) is 9.97 Å². The minimum absolute atomic E-state index is 0.269. The number of hydrogen-bond acceptors (Lipinski definition) is 3. The molecule has 3 heteroatoms. The van der Waals surface area contributed by atoms with Gasteiger partial charge in [-0.3, -0.25) is 4.79 Å². The molecule has 0 amide bonds. The third-order valence-electron chi connectivity index (χ3n) is 1.76. The van der Waals surface area contributed by atoms with Crippen LogP contribution in [0, 0.1) is 20.8 Å². The van der Waals surface area contributed by atoms with E-state index in [0.29, 0.717) is 6.29 Å². The molecule has 58 valence electrons. The summed E-state index contributed by atoms with van der Waals surface area (Å²) in [5.41, 5.74) is 2.80. The van der Waals surface area contributed by atoms with Gasteiger partial charge in [0.1, 0.15) is 0 Å². The van der Waals surface area contributed by atoms with Crippen LogP contribution in [0.5, 0.6) is 0 Å². The summed E-state index contributed by atoms with van der Waals surface area (Å²) in [7, 11) is 0. The Hall–Kier alpha value is -1.25. The van der Waals surface area contributed by atoms with E-state index in [9.17, 15) is 4.79 Å². The third-order valence-corrected chi connectivity index (χ3v) is 1.76. The standard InChI is InChI=1S/C8H10N2O/c1-5-6(2)9-8(4-11)10-7(5)3/h4H,1-3H3. The van der Waals surface area contributed by atoms with Crippen LogP contribution in [0.15, 0.2) is 0 Å². The number of aromatic nitrogens is 2. The second-order valence-corrected chi connectivity index (χ2v) is 2.50. The highest BCUT2D eigenvalue weighted by Crippen LogP contribution is 2.06. The highest BCUT2D eigenvalue weighted by molar-refractivity contribution is 5.68. The number of aryl methyl sites for hydroxylation is 2. The number of rotatable bonds is 1. The number of hydrogen-bond donors (Lipinski definition) is 0. The summed E-state index contributed by atoms with van der Waals surface area (Å²) in [6, 6.07) is 0. The minimum atomic E-state index is 0.269. The molecule has 0 spiro atoms. The van der Waals surface area contributed by atoms with Gasteiger partial charge in [0.2, 0.25) is 0 Å². The molecule has 0 N–H and O–H groups in total. The van der Waals surface area contributed by atoms with Crippen molar-refractivity contribution in [1.29, 1.82) is 0 Å². The maximum absolute atomic E-state index is 10.3. The first-order valence-corrected chi connectivity index (χ1v) is 3.42. The van der Waals surface area contributed by atoms with Crippen molar-refractivity contribution in [2.24, 2.45) is 0 Å². The molecular formula is C8H10N2O. The second kappa shape index (κ2) is 2.78. The highest BCUT2D eigenvalue weighted by Gasteiger charge is 2.01. The van der Waals surface area contributed by atoms with Gasteiger partial charge in [0.05, 0.1) is 0 Å². The third kappa shape index (κ3) is 1.42. The quantitative estimate of drug-likeness (QED) is 0.565. The number of nitrogens with zero attached hydrogens (tertiary/aromatic N) is 2. The molecule has 11 heavy (non-hydrogen) atoms. The molecule has 1 aromatic heterocycles. The topological polar surface area (TPSA) is 42.9 Å². The molecule has 0 unspecified atom stereocenters. The zero-order valence-corrected chi connectivity index (χ0v) is 6.88. The molecule has 0 bridgehead atoms. The Morgan fingerprint density at radius 2 is 1.55 bits per heavy atom. The number of carbonyl (C=O) groups is 1. The summed E-state index contributed by atoms with van der Waals surface area (Å²) >= 11 is 0. The van der Waals surface area contributed by atoms with Crippen molar-refractivity contribution in [2.45, 2.75) is 20.8 Å². The molecule has 1 aromatic rings.